The molecule has 1 amide bonds. The van der Waals surface area contributed by atoms with Gasteiger partial charge in [0.25, 0.3) is 5.91 Å². The summed E-state index contributed by atoms with van der Waals surface area (Å²) in [4.78, 5) is 14.3. The van der Waals surface area contributed by atoms with Gasteiger partial charge in [-0.1, -0.05) is 36.4 Å². The molecule has 0 aromatic heterocycles. The minimum Gasteiger partial charge on any atom is -0.311 e. The molecular weight excluding hydrogens is 234 g/mol. The highest BCUT2D eigenvalue weighted by Crippen LogP contribution is 2.31. The topological polar surface area (TPSA) is 20.3 Å². The maximum absolute atomic E-state index is 12.6. The molecule has 19 heavy (non-hydrogen) atoms. The minimum atomic E-state index is 0.0375. The van der Waals surface area contributed by atoms with E-state index in [4.69, 9.17) is 0 Å². The number of carbonyl (C=O) groups is 1. The lowest BCUT2D eigenvalue weighted by Gasteiger charge is -2.24. The monoisotopic (exact) mass is 249 g/mol. The van der Waals surface area contributed by atoms with Gasteiger partial charge in [0.15, 0.2) is 0 Å². The third-order valence-electron chi connectivity index (χ3n) is 3.56. The van der Waals surface area contributed by atoms with Gasteiger partial charge in [-0.25, -0.2) is 0 Å². The van der Waals surface area contributed by atoms with Crippen LogP contribution in [-0.4, -0.2) is 13.0 Å². The van der Waals surface area contributed by atoms with Crippen LogP contribution in [0.1, 0.15) is 28.4 Å². The molecule has 2 aromatic rings. The molecular formula is C17H15NO. The predicted octanol–water partition coefficient (Wildman–Crippen LogP) is 3.84. The normalized spacial score (nSPS) is 16.8. The molecule has 2 heteroatoms. The fraction of sp³-hybridized carbons (Fsp3) is 0.118. The summed E-state index contributed by atoms with van der Waals surface area (Å²) in [6.07, 6.45) is 2.14. The average Bonchev–Trinajstić information content (AvgIpc) is 2.45. The van der Waals surface area contributed by atoms with Gasteiger partial charge in [-0.3, -0.25) is 4.79 Å². The van der Waals surface area contributed by atoms with Crippen LogP contribution in [0.3, 0.4) is 0 Å². The Morgan fingerprint density at radius 3 is 2.32 bits per heavy atom. The van der Waals surface area contributed by atoms with E-state index in [-0.39, 0.29) is 5.91 Å². The number of anilines is 1. The number of hydrogen-bond donors (Lipinski definition) is 0. The van der Waals surface area contributed by atoms with E-state index >= 15 is 0 Å². The number of benzene rings is 2. The smallest absolute Gasteiger partial charge is 0.258 e. The Bertz CT molecular complexity index is 685. The molecule has 0 N–H and O–H groups in total. The predicted molar refractivity (Wildman–Crippen MR) is 79.2 cm³/mol. The van der Waals surface area contributed by atoms with E-state index in [0.29, 0.717) is 0 Å². The van der Waals surface area contributed by atoms with Crippen molar-refractivity contribution in [2.45, 2.75) is 6.92 Å². The van der Waals surface area contributed by atoms with Gasteiger partial charge < -0.3 is 4.90 Å². The molecule has 0 aliphatic carbocycles. The zero-order chi connectivity index (χ0) is 13.4. The lowest BCUT2D eigenvalue weighted by molar-refractivity contribution is 0.0992. The fourth-order valence-corrected chi connectivity index (χ4v) is 2.53. The van der Waals surface area contributed by atoms with E-state index in [9.17, 15) is 4.79 Å². The summed E-state index contributed by atoms with van der Waals surface area (Å²) in [6.45, 7) is 2.05. The van der Waals surface area contributed by atoms with Crippen LogP contribution >= 0.6 is 0 Å². The zero-order valence-corrected chi connectivity index (χ0v) is 11.1. The highest BCUT2D eigenvalue weighted by molar-refractivity contribution is 6.11. The van der Waals surface area contributed by atoms with Gasteiger partial charge >= 0.3 is 0 Å². The van der Waals surface area contributed by atoms with Crippen molar-refractivity contribution in [2.75, 3.05) is 11.9 Å². The van der Waals surface area contributed by atoms with Crippen LogP contribution in [0.4, 0.5) is 5.69 Å². The van der Waals surface area contributed by atoms with Crippen LogP contribution in [0.5, 0.6) is 0 Å². The van der Waals surface area contributed by atoms with Crippen LogP contribution in [0.15, 0.2) is 48.5 Å². The first-order chi connectivity index (χ1) is 9.18. The Kier molecular flexibility index (Phi) is 2.71. The number of hydrogen-bond acceptors (Lipinski definition) is 1. The standard InChI is InChI=1S/C17H15NO/c1-12-11-13-7-3-6-10-16(13)18(2)17(19)15-9-5-4-8-14(12)15/h3-11H,1-2H3/b12-11-. The highest BCUT2D eigenvalue weighted by Gasteiger charge is 2.21. The maximum Gasteiger partial charge on any atom is 0.258 e. The first-order valence-electron chi connectivity index (χ1n) is 6.33. The molecule has 0 fully saturated rings. The van der Waals surface area contributed by atoms with Crippen molar-refractivity contribution in [3.05, 3.63) is 65.2 Å². The summed E-state index contributed by atoms with van der Waals surface area (Å²) in [5.41, 5.74) is 4.90. The van der Waals surface area contributed by atoms with Crippen molar-refractivity contribution in [3.8, 4) is 0 Å². The number of amides is 1. The van der Waals surface area contributed by atoms with Gasteiger partial charge in [0.05, 0.1) is 5.69 Å². The number of nitrogens with zero attached hydrogens (tertiary/aromatic N) is 1. The lowest BCUT2D eigenvalue weighted by Crippen LogP contribution is -2.28. The van der Waals surface area contributed by atoms with Gasteiger partial charge in [0, 0.05) is 12.6 Å². The van der Waals surface area contributed by atoms with Crippen molar-refractivity contribution < 1.29 is 4.79 Å². The summed E-state index contributed by atoms with van der Waals surface area (Å²) in [5.74, 6) is 0.0375. The van der Waals surface area contributed by atoms with Crippen LogP contribution in [0.2, 0.25) is 0 Å². The molecule has 2 aromatic carbocycles. The van der Waals surface area contributed by atoms with E-state index < -0.39 is 0 Å². The number of rotatable bonds is 0. The molecule has 0 bridgehead atoms. The third-order valence-corrected chi connectivity index (χ3v) is 3.56. The van der Waals surface area contributed by atoms with Gasteiger partial charge in [0.2, 0.25) is 0 Å². The summed E-state index contributed by atoms with van der Waals surface area (Å²) in [6, 6.07) is 15.7. The second-order valence-electron chi connectivity index (χ2n) is 4.80. The molecule has 1 aliphatic heterocycles. The molecule has 0 unspecified atom stereocenters. The Morgan fingerprint density at radius 2 is 1.53 bits per heavy atom. The molecule has 0 saturated heterocycles. The number of carbonyl (C=O) groups excluding carboxylic acids is 1. The second-order valence-corrected chi connectivity index (χ2v) is 4.80. The van der Waals surface area contributed by atoms with Crippen LogP contribution in [0.25, 0.3) is 11.6 Å². The summed E-state index contributed by atoms with van der Waals surface area (Å²) >= 11 is 0. The molecule has 3 rings (SSSR count). The molecule has 0 saturated carbocycles. The van der Waals surface area contributed by atoms with Crippen LogP contribution < -0.4 is 4.90 Å². The van der Waals surface area contributed by atoms with Gasteiger partial charge in [-0.15, -0.1) is 0 Å². The van der Waals surface area contributed by atoms with E-state index in [1.165, 1.54) is 0 Å². The molecule has 1 aliphatic rings. The maximum atomic E-state index is 12.6. The Hall–Kier alpha value is -2.35. The second kappa shape index (κ2) is 4.39. The quantitative estimate of drug-likeness (QED) is 0.694. The van der Waals surface area contributed by atoms with E-state index in [2.05, 4.69) is 6.08 Å². The first-order valence-corrected chi connectivity index (χ1v) is 6.33. The van der Waals surface area contributed by atoms with Crippen molar-refractivity contribution in [2.24, 2.45) is 0 Å². The largest absolute Gasteiger partial charge is 0.311 e. The molecule has 0 atom stereocenters. The number of para-hydroxylation sites is 1. The van der Waals surface area contributed by atoms with E-state index in [1.807, 2.05) is 62.5 Å². The molecule has 2 nitrogen and oxygen atoms in total. The molecule has 0 radical (unpaired) electrons. The third kappa shape index (κ3) is 1.85. The molecule has 94 valence electrons. The SMILES string of the molecule is C/C1=C/c2ccccc2N(C)C(=O)c2ccccc21. The van der Waals surface area contributed by atoms with Gasteiger partial charge in [0.1, 0.15) is 0 Å². The van der Waals surface area contributed by atoms with E-state index in [1.54, 1.807) is 4.90 Å². The summed E-state index contributed by atoms with van der Waals surface area (Å²) in [5, 5.41) is 0. The highest BCUT2D eigenvalue weighted by atomic mass is 16.2. The van der Waals surface area contributed by atoms with Crippen molar-refractivity contribution in [1.29, 1.82) is 0 Å². The Morgan fingerprint density at radius 1 is 0.895 bits per heavy atom. The minimum absolute atomic E-state index is 0.0375. The lowest BCUT2D eigenvalue weighted by atomic mass is 9.95. The van der Waals surface area contributed by atoms with E-state index in [0.717, 1.165) is 28.0 Å². The van der Waals surface area contributed by atoms with Gasteiger partial charge in [-0.05, 0) is 41.8 Å². The fourth-order valence-electron chi connectivity index (χ4n) is 2.53. The molecule has 1 heterocycles. The number of allylic oxidation sites excluding steroid dienone is 1. The van der Waals surface area contributed by atoms with Crippen molar-refractivity contribution in [1.82, 2.24) is 0 Å². The van der Waals surface area contributed by atoms with Crippen molar-refractivity contribution in [3.63, 3.8) is 0 Å². The first kappa shape index (κ1) is 11.7. The average molecular weight is 249 g/mol. The van der Waals surface area contributed by atoms with Crippen LogP contribution in [0, 0.1) is 0 Å². The Labute approximate surface area is 113 Å². The summed E-state index contributed by atoms with van der Waals surface area (Å²) < 4.78 is 0. The van der Waals surface area contributed by atoms with Crippen LogP contribution in [-0.2, 0) is 0 Å². The Balaban J connectivity index is 2.32. The summed E-state index contributed by atoms with van der Waals surface area (Å²) in [7, 11) is 1.83. The molecule has 0 spiro atoms. The number of fused-ring (bicyclic) bond motifs is 2. The zero-order valence-electron chi connectivity index (χ0n) is 11.1. The van der Waals surface area contributed by atoms with Gasteiger partial charge in [-0.2, -0.15) is 0 Å². The van der Waals surface area contributed by atoms with Crippen molar-refractivity contribution >= 4 is 23.2 Å².